The van der Waals surface area contributed by atoms with Crippen LogP contribution >= 0.6 is 0 Å². The zero-order valence-electron chi connectivity index (χ0n) is 14.7. The van der Waals surface area contributed by atoms with Crippen molar-refractivity contribution in [3.63, 3.8) is 0 Å². The number of carbonyl (C=O) groups excluding carboxylic acids is 1. The normalized spacial score (nSPS) is 10.9. The Morgan fingerprint density at radius 1 is 1.04 bits per heavy atom. The molecule has 2 heterocycles. The van der Waals surface area contributed by atoms with E-state index in [1.807, 2.05) is 60.7 Å². The topological polar surface area (TPSA) is 81.8 Å². The second-order valence-corrected chi connectivity index (χ2v) is 6.12. The van der Waals surface area contributed by atoms with Crippen LogP contribution in [0.4, 0.5) is 0 Å². The summed E-state index contributed by atoms with van der Waals surface area (Å²) >= 11 is 0. The van der Waals surface area contributed by atoms with Crippen molar-refractivity contribution in [3.8, 4) is 5.69 Å². The minimum atomic E-state index is -0.376. The van der Waals surface area contributed by atoms with Gasteiger partial charge in [-0.3, -0.25) is 9.59 Å². The van der Waals surface area contributed by atoms with E-state index in [4.69, 9.17) is 0 Å². The van der Waals surface area contributed by atoms with Crippen LogP contribution in [0.15, 0.2) is 71.8 Å². The number of carbonyl (C=O) groups is 1. The predicted molar refractivity (Wildman–Crippen MR) is 102 cm³/mol. The van der Waals surface area contributed by atoms with Gasteiger partial charge in [0.05, 0.1) is 12.0 Å². The summed E-state index contributed by atoms with van der Waals surface area (Å²) in [5.74, 6) is -0.376. The van der Waals surface area contributed by atoms with Crippen molar-refractivity contribution in [2.24, 2.45) is 7.05 Å². The lowest BCUT2D eigenvalue weighted by atomic mass is 10.2. The number of rotatable bonds is 4. The van der Waals surface area contributed by atoms with E-state index in [9.17, 15) is 9.59 Å². The first-order valence-corrected chi connectivity index (χ1v) is 8.47. The van der Waals surface area contributed by atoms with Crippen LogP contribution < -0.4 is 10.9 Å². The second kappa shape index (κ2) is 6.87. The molecule has 0 aliphatic heterocycles. The summed E-state index contributed by atoms with van der Waals surface area (Å²) in [4.78, 5) is 29.7. The average Bonchev–Trinajstić information content (AvgIpc) is 3.11. The van der Waals surface area contributed by atoms with Crippen molar-refractivity contribution in [1.82, 2.24) is 24.6 Å². The molecule has 4 aromatic rings. The summed E-state index contributed by atoms with van der Waals surface area (Å²) in [5, 5.41) is 7.25. The van der Waals surface area contributed by atoms with E-state index in [-0.39, 0.29) is 28.2 Å². The van der Waals surface area contributed by atoms with Gasteiger partial charge in [0.25, 0.3) is 11.5 Å². The number of fused-ring (bicyclic) bond motifs is 1. The Bertz CT molecular complexity index is 1160. The molecule has 0 radical (unpaired) electrons. The maximum atomic E-state index is 12.7. The largest absolute Gasteiger partial charge is 0.346 e. The third kappa shape index (κ3) is 3.10. The fourth-order valence-electron chi connectivity index (χ4n) is 2.86. The standard InChI is InChI=1S/C20H17N5O2/c1-24-13-22-16-17(19(26)21-12-14-8-4-2-5-9-14)23-25(18(16)20(24)27)15-10-6-3-7-11-15/h2-11,13H,12H2,1H3,(H,21,26). The van der Waals surface area contributed by atoms with Gasteiger partial charge in [-0.1, -0.05) is 48.5 Å². The first-order valence-electron chi connectivity index (χ1n) is 8.47. The zero-order chi connectivity index (χ0) is 18.8. The summed E-state index contributed by atoms with van der Waals surface area (Å²) in [6.45, 7) is 0.365. The number of para-hydroxylation sites is 1. The van der Waals surface area contributed by atoms with E-state index in [0.29, 0.717) is 12.2 Å². The van der Waals surface area contributed by atoms with E-state index >= 15 is 0 Å². The zero-order valence-corrected chi connectivity index (χ0v) is 14.7. The van der Waals surface area contributed by atoms with E-state index < -0.39 is 0 Å². The summed E-state index contributed by atoms with van der Waals surface area (Å²) in [6.07, 6.45) is 1.40. The molecule has 4 rings (SSSR count). The molecule has 2 aromatic heterocycles. The highest BCUT2D eigenvalue weighted by Crippen LogP contribution is 2.17. The molecule has 0 saturated heterocycles. The van der Waals surface area contributed by atoms with E-state index in [1.165, 1.54) is 15.6 Å². The highest BCUT2D eigenvalue weighted by molar-refractivity contribution is 6.03. The molecule has 1 N–H and O–H groups in total. The third-order valence-corrected chi connectivity index (χ3v) is 4.26. The Morgan fingerprint density at radius 2 is 1.70 bits per heavy atom. The maximum Gasteiger partial charge on any atom is 0.279 e. The molecular weight excluding hydrogens is 342 g/mol. The Balaban J connectivity index is 1.78. The van der Waals surface area contributed by atoms with Crippen LogP contribution in [0.2, 0.25) is 0 Å². The number of aromatic nitrogens is 4. The average molecular weight is 359 g/mol. The van der Waals surface area contributed by atoms with Gasteiger partial charge in [-0.05, 0) is 17.7 Å². The molecule has 0 unspecified atom stereocenters. The molecule has 7 heteroatoms. The SMILES string of the molecule is Cn1cnc2c(C(=O)NCc3ccccc3)nn(-c3ccccc3)c2c1=O. The second-order valence-electron chi connectivity index (χ2n) is 6.12. The van der Waals surface area contributed by atoms with Gasteiger partial charge in [0, 0.05) is 13.6 Å². The first-order chi connectivity index (χ1) is 13.1. The van der Waals surface area contributed by atoms with Crippen LogP contribution in [-0.4, -0.2) is 25.2 Å². The Hall–Kier alpha value is -3.74. The van der Waals surface area contributed by atoms with E-state index in [1.54, 1.807) is 7.05 Å². The summed E-state index contributed by atoms with van der Waals surface area (Å²) in [7, 11) is 1.62. The van der Waals surface area contributed by atoms with Crippen LogP contribution in [0.5, 0.6) is 0 Å². The fraction of sp³-hybridized carbons (Fsp3) is 0.100. The highest BCUT2D eigenvalue weighted by atomic mass is 16.2. The molecule has 0 aliphatic rings. The van der Waals surface area contributed by atoms with Crippen molar-refractivity contribution < 1.29 is 4.79 Å². The van der Waals surface area contributed by atoms with Gasteiger partial charge < -0.3 is 9.88 Å². The van der Waals surface area contributed by atoms with Gasteiger partial charge in [-0.25, -0.2) is 9.67 Å². The number of hydrogen-bond acceptors (Lipinski definition) is 4. The Kier molecular flexibility index (Phi) is 4.25. The van der Waals surface area contributed by atoms with Gasteiger partial charge >= 0.3 is 0 Å². The van der Waals surface area contributed by atoms with E-state index in [0.717, 1.165) is 5.56 Å². The van der Waals surface area contributed by atoms with E-state index in [2.05, 4.69) is 15.4 Å². The summed E-state index contributed by atoms with van der Waals surface area (Å²) in [6, 6.07) is 18.8. The predicted octanol–water partition coefficient (Wildman–Crippen LogP) is 2.05. The van der Waals surface area contributed by atoms with Crippen molar-refractivity contribution in [3.05, 3.63) is 88.6 Å². The lowest BCUT2D eigenvalue weighted by Crippen LogP contribution is -2.24. The minimum absolute atomic E-state index is 0.127. The van der Waals surface area contributed by atoms with Crippen LogP contribution in [0.3, 0.4) is 0 Å². The first kappa shape index (κ1) is 16.7. The van der Waals surface area contributed by atoms with Crippen LogP contribution in [-0.2, 0) is 13.6 Å². The smallest absolute Gasteiger partial charge is 0.279 e. The Labute approximate surface area is 154 Å². The highest BCUT2D eigenvalue weighted by Gasteiger charge is 2.22. The molecule has 0 saturated carbocycles. The number of nitrogens with zero attached hydrogens (tertiary/aromatic N) is 4. The lowest BCUT2D eigenvalue weighted by Gasteiger charge is -2.03. The van der Waals surface area contributed by atoms with Gasteiger partial charge in [0.15, 0.2) is 11.2 Å². The molecule has 1 amide bonds. The van der Waals surface area contributed by atoms with Crippen LogP contribution in [0, 0.1) is 0 Å². The van der Waals surface area contributed by atoms with Crippen LogP contribution in [0.1, 0.15) is 16.1 Å². The summed E-state index contributed by atoms with van der Waals surface area (Å²) in [5.41, 5.74) is 2.08. The van der Waals surface area contributed by atoms with Crippen molar-refractivity contribution in [1.29, 1.82) is 0 Å². The maximum absolute atomic E-state index is 12.7. The molecule has 27 heavy (non-hydrogen) atoms. The molecule has 0 spiro atoms. The monoisotopic (exact) mass is 359 g/mol. The lowest BCUT2D eigenvalue weighted by molar-refractivity contribution is 0.0947. The Morgan fingerprint density at radius 3 is 2.41 bits per heavy atom. The molecule has 0 fully saturated rings. The van der Waals surface area contributed by atoms with Crippen LogP contribution in [0.25, 0.3) is 16.7 Å². The van der Waals surface area contributed by atoms with Crippen molar-refractivity contribution >= 4 is 16.9 Å². The minimum Gasteiger partial charge on any atom is -0.346 e. The number of hydrogen-bond donors (Lipinski definition) is 1. The molecule has 0 aliphatic carbocycles. The molecule has 0 atom stereocenters. The van der Waals surface area contributed by atoms with Gasteiger partial charge in [-0.2, -0.15) is 5.10 Å². The fourth-order valence-corrected chi connectivity index (χ4v) is 2.86. The number of benzene rings is 2. The van der Waals surface area contributed by atoms with Crippen molar-refractivity contribution in [2.75, 3.05) is 0 Å². The van der Waals surface area contributed by atoms with Crippen molar-refractivity contribution in [2.45, 2.75) is 6.54 Å². The van der Waals surface area contributed by atoms with Gasteiger partial charge in [0.2, 0.25) is 0 Å². The molecule has 2 aromatic carbocycles. The number of amides is 1. The molecule has 134 valence electrons. The molecule has 7 nitrogen and oxygen atoms in total. The number of aryl methyl sites for hydroxylation is 1. The molecule has 0 bridgehead atoms. The van der Waals surface area contributed by atoms with Gasteiger partial charge in [-0.15, -0.1) is 0 Å². The van der Waals surface area contributed by atoms with Gasteiger partial charge in [0.1, 0.15) is 5.52 Å². The number of nitrogens with one attached hydrogen (secondary N) is 1. The third-order valence-electron chi connectivity index (χ3n) is 4.26. The summed E-state index contributed by atoms with van der Waals surface area (Å²) < 4.78 is 2.84. The molecular formula is C20H17N5O2. The quantitative estimate of drug-likeness (QED) is 0.605.